The highest BCUT2D eigenvalue weighted by Gasteiger charge is 2.00. The Labute approximate surface area is 166 Å². The number of phosphoric acid groups is 2. The molecule has 0 aliphatic carbocycles. The molecular weight excluding hydrogens is 574 g/mol. The summed E-state index contributed by atoms with van der Waals surface area (Å²) in [5.74, 6) is 0. The zero-order valence-corrected chi connectivity index (χ0v) is 17.9. The van der Waals surface area contributed by atoms with Crippen LogP contribution < -0.4 is 0 Å². The molecule has 0 aliphatic heterocycles. The van der Waals surface area contributed by atoms with Crippen LogP contribution in [0.1, 0.15) is 0 Å². The Morgan fingerprint density at radius 2 is 0.333 bits per heavy atom. The monoisotopic (exact) mass is 588 g/mol. The highest BCUT2D eigenvalue weighted by atomic mass is 32.3. The lowest BCUT2D eigenvalue weighted by atomic mass is 15.8. The Bertz CT molecular complexity index is 722. The van der Waals surface area contributed by atoms with E-state index < -0.39 is 57.2 Å². The topological polar surface area (TPSA) is 454 Å². The van der Waals surface area contributed by atoms with Crippen molar-refractivity contribution in [2.45, 2.75) is 0 Å². The standard InChI is InChI=1S/2H3O4P.4H2O4S/c6*1-5(2,3)4/h2*(H3,1,2,3,4);4*(H2,1,2,3,4). The van der Waals surface area contributed by atoms with E-state index in [0.717, 1.165) is 0 Å². The highest BCUT2D eigenvalue weighted by Crippen LogP contribution is 2.26. The third-order valence-electron chi connectivity index (χ3n) is 0. The molecule has 24 nitrogen and oxygen atoms in total. The van der Waals surface area contributed by atoms with Gasteiger partial charge in [0.2, 0.25) is 0 Å². The first-order valence-corrected chi connectivity index (χ1v) is 13.1. The van der Waals surface area contributed by atoms with E-state index in [1.54, 1.807) is 0 Å². The second-order valence-corrected chi connectivity index (χ2v) is 8.45. The minimum absolute atomic E-state index is 4.64. The van der Waals surface area contributed by atoms with Gasteiger partial charge in [0, 0.05) is 0 Å². The molecule has 0 unspecified atom stereocenters. The molecule has 0 amide bonds. The Morgan fingerprint density at radius 3 is 0.333 bits per heavy atom. The summed E-state index contributed by atoms with van der Waals surface area (Å²) in [6.07, 6.45) is 0. The highest BCUT2D eigenvalue weighted by molar-refractivity contribution is 7.80. The van der Waals surface area contributed by atoms with Crippen molar-refractivity contribution < 1.29 is 109 Å². The molecule has 0 bridgehead atoms. The normalized spacial score (nSPS) is 11.7. The molecule has 30 heavy (non-hydrogen) atoms. The molecule has 0 heterocycles. The Hall–Kier alpha value is -0.300. The molecular formula is H14O24P2S4. The smallest absolute Gasteiger partial charge is 0.303 e. The average Bonchev–Trinajstić information content (AvgIpc) is 1.94. The van der Waals surface area contributed by atoms with Gasteiger partial charge in [0.25, 0.3) is 0 Å². The van der Waals surface area contributed by atoms with E-state index in [1.165, 1.54) is 0 Å². The fourth-order valence-corrected chi connectivity index (χ4v) is 0. The zero-order chi connectivity index (χ0) is 27.0. The van der Waals surface area contributed by atoms with Crippen molar-refractivity contribution in [3.05, 3.63) is 0 Å². The number of hydrogen-bond donors (Lipinski definition) is 14. The van der Waals surface area contributed by atoms with Crippen LogP contribution in [0.25, 0.3) is 0 Å². The molecule has 192 valence electrons. The maximum Gasteiger partial charge on any atom is 0.466 e. The molecule has 0 saturated heterocycles. The average molecular weight is 588 g/mol. The van der Waals surface area contributed by atoms with Crippen molar-refractivity contribution in [3.8, 4) is 0 Å². The van der Waals surface area contributed by atoms with Crippen molar-refractivity contribution in [1.29, 1.82) is 0 Å². The van der Waals surface area contributed by atoms with Gasteiger partial charge in [-0.15, -0.1) is 0 Å². The molecule has 0 fully saturated rings. The Kier molecular flexibility index (Phi) is 25.1. The summed E-state index contributed by atoms with van der Waals surface area (Å²) in [5.41, 5.74) is 0. The lowest BCUT2D eigenvalue weighted by Crippen LogP contribution is -1.89. The van der Waals surface area contributed by atoms with Crippen molar-refractivity contribution >= 4 is 57.2 Å². The van der Waals surface area contributed by atoms with Crippen LogP contribution in [-0.2, 0) is 50.7 Å². The van der Waals surface area contributed by atoms with Crippen LogP contribution in [-0.4, -0.2) is 99.5 Å². The number of hydrogen-bond acceptors (Lipinski definition) is 10. The minimum Gasteiger partial charge on any atom is -0.303 e. The van der Waals surface area contributed by atoms with Crippen LogP contribution in [0.2, 0.25) is 0 Å². The van der Waals surface area contributed by atoms with E-state index in [0.29, 0.717) is 0 Å². The largest absolute Gasteiger partial charge is 0.466 e. The quantitative estimate of drug-likeness (QED) is 0.0936. The fourth-order valence-electron chi connectivity index (χ4n) is 0. The van der Waals surface area contributed by atoms with Gasteiger partial charge >= 0.3 is 57.2 Å². The first kappa shape index (κ1) is 43.6. The molecule has 14 N–H and O–H groups in total. The van der Waals surface area contributed by atoms with Crippen LogP contribution in [0.4, 0.5) is 0 Å². The van der Waals surface area contributed by atoms with Crippen LogP contribution in [0, 0.1) is 0 Å². The van der Waals surface area contributed by atoms with Gasteiger partial charge in [-0.05, 0) is 0 Å². The predicted molar refractivity (Wildman–Crippen MR) is 85.2 cm³/mol. The van der Waals surface area contributed by atoms with E-state index in [-0.39, 0.29) is 0 Å². The summed E-state index contributed by atoms with van der Waals surface area (Å²) in [6, 6.07) is 0. The third-order valence-corrected chi connectivity index (χ3v) is 0. The van der Waals surface area contributed by atoms with E-state index in [9.17, 15) is 0 Å². The fraction of sp³-hybridized carbons (Fsp3) is 0. The van der Waals surface area contributed by atoms with Gasteiger partial charge < -0.3 is 29.4 Å². The maximum absolute atomic E-state index is 8.88. The van der Waals surface area contributed by atoms with Crippen LogP contribution >= 0.6 is 15.6 Å². The van der Waals surface area contributed by atoms with Crippen LogP contribution in [0.15, 0.2) is 0 Å². The number of rotatable bonds is 0. The molecule has 30 heteroatoms. The summed E-state index contributed by atoms with van der Waals surface area (Å²) < 4.78 is 144. The predicted octanol–water partition coefficient (Wildman–Crippen LogP) is -4.47. The summed E-state index contributed by atoms with van der Waals surface area (Å²) in [4.78, 5) is 43.1. The lowest BCUT2D eigenvalue weighted by Gasteiger charge is -1.82. The van der Waals surface area contributed by atoms with Gasteiger partial charge in [-0.25, -0.2) is 9.13 Å². The van der Waals surface area contributed by atoms with Crippen LogP contribution in [0.5, 0.6) is 0 Å². The molecule has 0 radical (unpaired) electrons. The second-order valence-electron chi connectivity index (χ2n) is 2.82. The van der Waals surface area contributed by atoms with Gasteiger partial charge in [-0.3, -0.25) is 36.4 Å². The molecule has 0 aromatic heterocycles. The molecule has 0 aromatic rings. The summed E-state index contributed by atoms with van der Waals surface area (Å²) in [5, 5.41) is 0. The molecule has 0 spiro atoms. The molecule has 0 aromatic carbocycles. The van der Waals surface area contributed by atoms with Gasteiger partial charge in [0.05, 0.1) is 0 Å². The maximum atomic E-state index is 8.88. The van der Waals surface area contributed by atoms with Gasteiger partial charge in [-0.2, -0.15) is 33.7 Å². The third kappa shape index (κ3) is 219000. The van der Waals surface area contributed by atoms with Gasteiger partial charge in [0.1, 0.15) is 0 Å². The van der Waals surface area contributed by atoms with Crippen molar-refractivity contribution in [2.75, 3.05) is 0 Å². The molecule has 0 aliphatic rings. The van der Waals surface area contributed by atoms with Crippen LogP contribution in [0.3, 0.4) is 0 Å². The summed E-state index contributed by atoms with van der Waals surface area (Å²) >= 11 is 0. The van der Waals surface area contributed by atoms with Crippen molar-refractivity contribution in [3.63, 3.8) is 0 Å². The van der Waals surface area contributed by atoms with E-state index in [1.807, 2.05) is 0 Å². The van der Waals surface area contributed by atoms with Crippen molar-refractivity contribution in [2.24, 2.45) is 0 Å². The van der Waals surface area contributed by atoms with E-state index >= 15 is 0 Å². The van der Waals surface area contributed by atoms with E-state index in [2.05, 4.69) is 0 Å². The zero-order valence-electron chi connectivity index (χ0n) is 12.9. The summed E-state index contributed by atoms with van der Waals surface area (Å²) in [7, 11) is -27.9. The van der Waals surface area contributed by atoms with Gasteiger partial charge in [-0.1, -0.05) is 0 Å². The molecule has 0 rings (SSSR count). The molecule has 0 atom stereocenters. The SMILES string of the molecule is O=P(O)(O)O.O=P(O)(O)O.O=S(=O)(O)O.O=S(=O)(O)O.O=S(=O)(O)O.O=S(=O)(O)O. The van der Waals surface area contributed by atoms with E-state index in [4.69, 9.17) is 109 Å². The first-order chi connectivity index (χ1) is 12.0. The summed E-state index contributed by atoms with van der Waals surface area (Å²) in [6.45, 7) is 0. The first-order valence-electron chi connectivity index (χ1n) is 4.36. The van der Waals surface area contributed by atoms with Crippen molar-refractivity contribution in [1.82, 2.24) is 0 Å². The lowest BCUT2D eigenvalue weighted by molar-refractivity contribution is 0.272. The molecule has 0 saturated carbocycles. The second kappa shape index (κ2) is 17.3. The Balaban J connectivity index is -0.0000000576. The Morgan fingerprint density at radius 1 is 0.333 bits per heavy atom. The van der Waals surface area contributed by atoms with Gasteiger partial charge in [0.15, 0.2) is 0 Å². The minimum atomic E-state index is -4.67.